The third kappa shape index (κ3) is 7.57. The van der Waals surface area contributed by atoms with Crippen LogP contribution in [0.2, 0.25) is 0 Å². The smallest absolute Gasteiger partial charge is 0.317 e. The van der Waals surface area contributed by atoms with Crippen molar-refractivity contribution in [1.29, 1.82) is 0 Å². The van der Waals surface area contributed by atoms with Gasteiger partial charge < -0.3 is 25.6 Å². The van der Waals surface area contributed by atoms with E-state index in [9.17, 15) is 9.59 Å². The first-order chi connectivity index (χ1) is 14.2. The minimum atomic E-state index is -0.0826. The van der Waals surface area contributed by atoms with Gasteiger partial charge >= 0.3 is 12.1 Å². The van der Waals surface area contributed by atoms with E-state index in [1.807, 2.05) is 23.1 Å². The minimum absolute atomic E-state index is 0.0317. The predicted molar refractivity (Wildman–Crippen MR) is 113 cm³/mol. The van der Waals surface area contributed by atoms with Gasteiger partial charge in [0.1, 0.15) is 0 Å². The number of hydrogen-bond acceptors (Lipinski definition) is 3. The number of carbonyl (C=O) groups excluding carboxylic acids is 2. The zero-order chi connectivity index (χ0) is 20.3. The Bertz CT molecular complexity index is 626. The van der Waals surface area contributed by atoms with Crippen LogP contribution in [0.1, 0.15) is 31.2 Å². The van der Waals surface area contributed by atoms with Crippen molar-refractivity contribution in [2.24, 2.45) is 11.8 Å². The zero-order valence-corrected chi connectivity index (χ0v) is 17.2. The molecule has 2 aliphatic rings. The third-order valence-corrected chi connectivity index (χ3v) is 5.90. The summed E-state index contributed by atoms with van der Waals surface area (Å²) >= 11 is 0. The van der Waals surface area contributed by atoms with Gasteiger partial charge in [-0.2, -0.15) is 0 Å². The van der Waals surface area contributed by atoms with Crippen molar-refractivity contribution in [2.75, 3.05) is 45.9 Å². The van der Waals surface area contributed by atoms with Crippen molar-refractivity contribution in [1.82, 2.24) is 20.9 Å². The molecule has 1 heterocycles. The highest BCUT2D eigenvalue weighted by atomic mass is 16.5. The summed E-state index contributed by atoms with van der Waals surface area (Å²) in [5.41, 5.74) is 1.23. The predicted octanol–water partition coefficient (Wildman–Crippen LogP) is 2.38. The van der Waals surface area contributed by atoms with Gasteiger partial charge in [0, 0.05) is 32.7 Å². The van der Waals surface area contributed by atoms with Crippen molar-refractivity contribution in [2.45, 2.75) is 32.1 Å². The molecule has 7 nitrogen and oxygen atoms in total. The maximum Gasteiger partial charge on any atom is 0.317 e. The molecule has 7 heteroatoms. The average Bonchev–Trinajstić information content (AvgIpc) is 2.78. The minimum Gasteiger partial charge on any atom is -0.378 e. The number of morpholine rings is 1. The second-order valence-corrected chi connectivity index (χ2v) is 8.04. The lowest BCUT2D eigenvalue weighted by molar-refractivity contribution is 0.0528. The highest BCUT2D eigenvalue weighted by Crippen LogP contribution is 2.27. The van der Waals surface area contributed by atoms with Gasteiger partial charge in [-0.05, 0) is 49.5 Å². The van der Waals surface area contributed by atoms with Crippen LogP contribution in [0, 0.1) is 11.8 Å². The van der Waals surface area contributed by atoms with E-state index in [1.165, 1.54) is 5.56 Å². The summed E-state index contributed by atoms with van der Waals surface area (Å²) in [6.45, 7) is 4.73. The number of carbonyl (C=O) groups is 2. The molecule has 3 rings (SSSR count). The van der Waals surface area contributed by atoms with Gasteiger partial charge in [0.2, 0.25) is 0 Å². The lowest BCUT2D eigenvalue weighted by Crippen LogP contribution is -2.47. The van der Waals surface area contributed by atoms with Crippen LogP contribution in [0.5, 0.6) is 0 Å². The molecule has 0 aromatic heterocycles. The first kappa shape index (κ1) is 21.4. The summed E-state index contributed by atoms with van der Waals surface area (Å²) in [6.07, 6.45) is 5.25. The second kappa shape index (κ2) is 11.7. The number of benzene rings is 1. The van der Waals surface area contributed by atoms with Gasteiger partial charge in [0.05, 0.1) is 13.2 Å². The van der Waals surface area contributed by atoms with Gasteiger partial charge in [0.15, 0.2) is 0 Å². The molecule has 160 valence electrons. The first-order valence-electron chi connectivity index (χ1n) is 10.9. The Balaban J connectivity index is 1.23. The normalized spacial score (nSPS) is 22.0. The van der Waals surface area contributed by atoms with Gasteiger partial charge in [-0.25, -0.2) is 9.59 Å². The van der Waals surface area contributed by atoms with Crippen LogP contribution in [0.4, 0.5) is 9.59 Å². The molecule has 29 heavy (non-hydrogen) atoms. The van der Waals surface area contributed by atoms with Crippen molar-refractivity contribution in [3.8, 4) is 0 Å². The molecule has 1 aromatic rings. The highest BCUT2D eigenvalue weighted by Gasteiger charge is 2.23. The standard InChI is InChI=1S/C22H34N4O3/c27-21(23-11-10-18-4-2-1-3-5-18)24-16-19-6-8-20(9-7-19)17-25-22(28)26-12-14-29-15-13-26/h1-5,19-20H,6-17H2,(H,25,28)(H2,23,24,27). The molecule has 1 aliphatic carbocycles. The number of nitrogens with one attached hydrogen (secondary N) is 3. The van der Waals surface area contributed by atoms with Gasteiger partial charge in [-0.3, -0.25) is 0 Å². The second-order valence-electron chi connectivity index (χ2n) is 8.04. The Morgan fingerprint density at radius 2 is 1.52 bits per heavy atom. The van der Waals surface area contributed by atoms with Crippen LogP contribution in [0.15, 0.2) is 30.3 Å². The molecule has 0 bridgehead atoms. The summed E-state index contributed by atoms with van der Waals surface area (Å²) in [5, 5.41) is 9.02. The van der Waals surface area contributed by atoms with Gasteiger partial charge in [0.25, 0.3) is 0 Å². The van der Waals surface area contributed by atoms with Crippen molar-refractivity contribution < 1.29 is 14.3 Å². The number of urea groups is 2. The SMILES string of the molecule is O=C(NCCc1ccccc1)NCC1CCC(CNC(=O)N2CCOCC2)CC1. The monoisotopic (exact) mass is 402 g/mol. The van der Waals surface area contributed by atoms with E-state index < -0.39 is 0 Å². The zero-order valence-electron chi connectivity index (χ0n) is 17.2. The Kier molecular flexibility index (Phi) is 8.61. The summed E-state index contributed by atoms with van der Waals surface area (Å²) in [6, 6.07) is 10.1. The maximum atomic E-state index is 12.2. The lowest BCUT2D eigenvalue weighted by atomic mass is 9.82. The van der Waals surface area contributed by atoms with Crippen LogP contribution in [-0.2, 0) is 11.2 Å². The molecule has 0 atom stereocenters. The van der Waals surface area contributed by atoms with E-state index in [4.69, 9.17) is 4.74 Å². The summed E-state index contributed by atoms with van der Waals surface area (Å²) < 4.78 is 5.28. The molecule has 4 amide bonds. The maximum absolute atomic E-state index is 12.2. The van der Waals surface area contributed by atoms with E-state index >= 15 is 0 Å². The summed E-state index contributed by atoms with van der Waals surface area (Å²) in [4.78, 5) is 26.0. The van der Waals surface area contributed by atoms with Crippen molar-refractivity contribution >= 4 is 12.1 Å². The summed E-state index contributed by atoms with van der Waals surface area (Å²) in [5.74, 6) is 1.07. The summed E-state index contributed by atoms with van der Waals surface area (Å²) in [7, 11) is 0. The van der Waals surface area contributed by atoms with E-state index in [-0.39, 0.29) is 12.1 Å². The molecule has 1 aromatic carbocycles. The Hall–Kier alpha value is -2.28. The van der Waals surface area contributed by atoms with Crippen LogP contribution < -0.4 is 16.0 Å². The largest absolute Gasteiger partial charge is 0.378 e. The molecule has 1 saturated heterocycles. The fraction of sp³-hybridized carbons (Fsp3) is 0.636. The highest BCUT2D eigenvalue weighted by molar-refractivity contribution is 5.74. The van der Waals surface area contributed by atoms with Gasteiger partial charge in [-0.15, -0.1) is 0 Å². The Morgan fingerprint density at radius 3 is 2.17 bits per heavy atom. The van der Waals surface area contributed by atoms with Crippen molar-refractivity contribution in [3.63, 3.8) is 0 Å². The number of amides is 4. The molecular weight excluding hydrogens is 368 g/mol. The molecular formula is C22H34N4O3. The van der Waals surface area contributed by atoms with Crippen LogP contribution in [0.3, 0.4) is 0 Å². The number of nitrogens with zero attached hydrogens (tertiary/aromatic N) is 1. The third-order valence-electron chi connectivity index (χ3n) is 5.90. The molecule has 0 radical (unpaired) electrons. The quantitative estimate of drug-likeness (QED) is 0.655. The molecule has 1 aliphatic heterocycles. The van der Waals surface area contributed by atoms with E-state index in [0.29, 0.717) is 44.7 Å². The topological polar surface area (TPSA) is 82.7 Å². The molecule has 2 fully saturated rings. The fourth-order valence-corrected chi connectivity index (χ4v) is 4.01. The van der Waals surface area contributed by atoms with E-state index in [0.717, 1.165) is 45.2 Å². The number of ether oxygens (including phenoxy) is 1. The Labute approximate surface area is 173 Å². The Morgan fingerprint density at radius 1 is 0.897 bits per heavy atom. The fourth-order valence-electron chi connectivity index (χ4n) is 4.01. The lowest BCUT2D eigenvalue weighted by Gasteiger charge is -2.31. The molecule has 3 N–H and O–H groups in total. The van der Waals surface area contributed by atoms with Gasteiger partial charge in [-0.1, -0.05) is 30.3 Å². The number of rotatable bonds is 7. The van der Waals surface area contributed by atoms with Crippen LogP contribution in [-0.4, -0.2) is 62.9 Å². The van der Waals surface area contributed by atoms with Crippen LogP contribution >= 0.6 is 0 Å². The van der Waals surface area contributed by atoms with Crippen molar-refractivity contribution in [3.05, 3.63) is 35.9 Å². The number of hydrogen-bond donors (Lipinski definition) is 3. The van der Waals surface area contributed by atoms with Crippen LogP contribution in [0.25, 0.3) is 0 Å². The van der Waals surface area contributed by atoms with E-state index in [2.05, 4.69) is 28.1 Å². The average molecular weight is 403 g/mol. The van der Waals surface area contributed by atoms with E-state index in [1.54, 1.807) is 0 Å². The first-order valence-corrected chi connectivity index (χ1v) is 10.9. The molecule has 0 unspecified atom stereocenters. The molecule has 0 spiro atoms. The molecule has 1 saturated carbocycles.